The molecule has 0 aromatic heterocycles. The van der Waals surface area contributed by atoms with Gasteiger partial charge in [-0.15, -0.1) is 0 Å². The van der Waals surface area contributed by atoms with Gasteiger partial charge in [-0.25, -0.2) is 8.42 Å². The molecule has 0 N–H and O–H groups in total. The second-order valence-electron chi connectivity index (χ2n) is 7.62. The molecule has 0 radical (unpaired) electrons. The van der Waals surface area contributed by atoms with E-state index in [2.05, 4.69) is 20.8 Å². The van der Waals surface area contributed by atoms with Gasteiger partial charge < -0.3 is 4.90 Å². The molecule has 0 aromatic rings. The van der Waals surface area contributed by atoms with Gasteiger partial charge in [0.25, 0.3) is 0 Å². The van der Waals surface area contributed by atoms with Crippen molar-refractivity contribution in [3.63, 3.8) is 0 Å². The molecule has 7 heteroatoms. The fraction of sp³-hybridized carbons (Fsp3) is 0.933. The molecule has 1 aliphatic heterocycles. The van der Waals surface area contributed by atoms with E-state index in [-0.39, 0.29) is 22.3 Å². The summed E-state index contributed by atoms with van der Waals surface area (Å²) in [6, 6.07) is 0. The molecule has 0 unspecified atom stereocenters. The minimum absolute atomic E-state index is 0.0960. The Balaban J connectivity index is 1.85. The third kappa shape index (κ3) is 2.23. The number of alkyl halides is 1. The zero-order valence-electron chi connectivity index (χ0n) is 13.5. The van der Waals surface area contributed by atoms with E-state index in [1.54, 1.807) is 4.31 Å². The van der Waals surface area contributed by atoms with Crippen LogP contribution in [0.5, 0.6) is 0 Å². The summed E-state index contributed by atoms with van der Waals surface area (Å²) in [5, 5.41) is 0. The van der Waals surface area contributed by atoms with Crippen LogP contribution in [0.2, 0.25) is 0 Å². The average Bonchev–Trinajstić information content (AvgIpc) is 2.75. The summed E-state index contributed by atoms with van der Waals surface area (Å²) < 4.78 is 27.4. The molecule has 2 saturated carbocycles. The Morgan fingerprint density at radius 3 is 2.32 bits per heavy atom. The van der Waals surface area contributed by atoms with Crippen molar-refractivity contribution in [2.75, 3.05) is 39.0 Å². The fourth-order valence-electron chi connectivity index (χ4n) is 4.62. The largest absolute Gasteiger partial charge is 0.304 e. The molecular formula is C15H25BrN2O3S. The molecule has 5 nitrogen and oxygen atoms in total. The van der Waals surface area contributed by atoms with Crippen molar-refractivity contribution in [2.45, 2.75) is 31.5 Å². The van der Waals surface area contributed by atoms with Gasteiger partial charge in [-0.3, -0.25) is 4.79 Å². The topological polar surface area (TPSA) is 57.7 Å². The smallest absolute Gasteiger partial charge is 0.214 e. The van der Waals surface area contributed by atoms with Crippen LogP contribution in [0.3, 0.4) is 0 Å². The van der Waals surface area contributed by atoms with E-state index in [4.69, 9.17) is 0 Å². The molecule has 2 bridgehead atoms. The minimum atomic E-state index is -3.33. The number of Topliss-reactive ketones (excluding diaryl/α,β-unsaturated/α-hetero) is 1. The monoisotopic (exact) mass is 392 g/mol. The maximum atomic E-state index is 12.9. The van der Waals surface area contributed by atoms with Crippen molar-refractivity contribution in [1.82, 2.24) is 9.21 Å². The van der Waals surface area contributed by atoms with Gasteiger partial charge >= 0.3 is 0 Å². The van der Waals surface area contributed by atoms with E-state index in [0.29, 0.717) is 13.1 Å². The van der Waals surface area contributed by atoms with Gasteiger partial charge in [-0.2, -0.15) is 4.31 Å². The highest BCUT2D eigenvalue weighted by Crippen LogP contribution is 2.65. The number of ketones is 1. The Hall–Kier alpha value is 0.0200. The first kappa shape index (κ1) is 16.9. The Morgan fingerprint density at radius 2 is 1.82 bits per heavy atom. The van der Waals surface area contributed by atoms with Crippen LogP contribution in [0.15, 0.2) is 0 Å². The number of nitrogens with zero attached hydrogens (tertiary/aromatic N) is 2. The molecule has 1 heterocycles. The lowest BCUT2D eigenvalue weighted by Gasteiger charge is -2.39. The van der Waals surface area contributed by atoms with Crippen LogP contribution in [0.1, 0.15) is 26.7 Å². The standard InChI is InChI=1S/C15H25BrN2O3S/c1-14-5-4-11(12(16)13(14)19)15(14,2)10-22(20,21)18-8-6-17(3)7-9-18/h11-12H,4-10H2,1-3H3/t11-,12+,14+,15-/m1/s1. The highest BCUT2D eigenvalue weighted by Gasteiger charge is 2.68. The molecule has 0 aromatic carbocycles. The van der Waals surface area contributed by atoms with Gasteiger partial charge in [0.1, 0.15) is 0 Å². The molecule has 126 valence electrons. The number of piperazine rings is 1. The van der Waals surface area contributed by atoms with Crippen molar-refractivity contribution in [3.05, 3.63) is 0 Å². The van der Waals surface area contributed by atoms with Crippen LogP contribution in [-0.4, -0.2) is 67.2 Å². The first-order valence-electron chi connectivity index (χ1n) is 7.97. The molecule has 3 fully saturated rings. The first-order valence-corrected chi connectivity index (χ1v) is 10.5. The summed E-state index contributed by atoms with van der Waals surface area (Å²) in [5.41, 5.74) is -0.966. The number of carbonyl (C=O) groups is 1. The summed E-state index contributed by atoms with van der Waals surface area (Å²) >= 11 is 3.52. The van der Waals surface area contributed by atoms with E-state index in [0.717, 1.165) is 25.9 Å². The molecule has 0 spiro atoms. The molecule has 1 saturated heterocycles. The lowest BCUT2D eigenvalue weighted by molar-refractivity contribution is -0.127. The number of likely N-dealkylation sites (N-methyl/N-ethyl adjacent to an activating group) is 1. The molecule has 3 rings (SSSR count). The first-order chi connectivity index (χ1) is 10.1. The number of halogens is 1. The molecule has 22 heavy (non-hydrogen) atoms. The van der Waals surface area contributed by atoms with Crippen LogP contribution >= 0.6 is 15.9 Å². The molecule has 0 amide bonds. The van der Waals surface area contributed by atoms with Crippen molar-refractivity contribution < 1.29 is 13.2 Å². The van der Waals surface area contributed by atoms with Gasteiger partial charge in [0.05, 0.1) is 10.6 Å². The van der Waals surface area contributed by atoms with Crippen LogP contribution in [-0.2, 0) is 14.8 Å². The quantitative estimate of drug-likeness (QED) is 0.679. The zero-order valence-corrected chi connectivity index (χ0v) is 15.9. The van der Waals surface area contributed by atoms with Crippen molar-refractivity contribution in [3.8, 4) is 0 Å². The SMILES string of the molecule is CN1CCN(S(=O)(=O)C[C@]2(C)[C@@H]3CC[C@@]2(C)C(=O)[C@H]3Br)CC1. The van der Waals surface area contributed by atoms with E-state index in [1.807, 2.05) is 20.9 Å². The number of hydrogen-bond acceptors (Lipinski definition) is 4. The maximum Gasteiger partial charge on any atom is 0.214 e. The van der Waals surface area contributed by atoms with Crippen LogP contribution < -0.4 is 0 Å². The van der Waals surface area contributed by atoms with E-state index in [1.165, 1.54) is 0 Å². The fourth-order valence-corrected chi connectivity index (χ4v) is 8.17. The van der Waals surface area contributed by atoms with E-state index in [9.17, 15) is 13.2 Å². The summed E-state index contributed by atoms with van der Waals surface area (Å²) in [4.78, 5) is 14.5. The predicted molar refractivity (Wildman–Crippen MR) is 89.5 cm³/mol. The Labute approximate surface area is 141 Å². The van der Waals surface area contributed by atoms with Gasteiger partial charge in [-0.05, 0) is 31.2 Å². The summed E-state index contributed by atoms with van der Waals surface area (Å²) in [5.74, 6) is 0.422. The van der Waals surface area contributed by atoms with Gasteiger partial charge in [0.2, 0.25) is 10.0 Å². The van der Waals surface area contributed by atoms with E-state index >= 15 is 0 Å². The number of carbonyl (C=O) groups excluding carboxylic acids is 1. The van der Waals surface area contributed by atoms with E-state index < -0.39 is 20.9 Å². The van der Waals surface area contributed by atoms with Crippen LogP contribution in [0.25, 0.3) is 0 Å². The van der Waals surface area contributed by atoms with Crippen LogP contribution in [0.4, 0.5) is 0 Å². The third-order valence-electron chi connectivity index (χ3n) is 6.52. The van der Waals surface area contributed by atoms with Crippen molar-refractivity contribution in [2.24, 2.45) is 16.7 Å². The van der Waals surface area contributed by atoms with Gasteiger partial charge in [0.15, 0.2) is 5.78 Å². The lowest BCUT2D eigenvalue weighted by atomic mass is 9.70. The molecular weight excluding hydrogens is 368 g/mol. The highest BCUT2D eigenvalue weighted by molar-refractivity contribution is 9.10. The highest BCUT2D eigenvalue weighted by atomic mass is 79.9. The number of hydrogen-bond donors (Lipinski definition) is 0. The van der Waals surface area contributed by atoms with Gasteiger partial charge in [0, 0.05) is 31.6 Å². The normalized spacial score (nSPS) is 43.9. The summed E-state index contributed by atoms with van der Waals surface area (Å²) in [6.07, 6.45) is 1.75. The third-order valence-corrected chi connectivity index (χ3v) is 9.69. The summed E-state index contributed by atoms with van der Waals surface area (Å²) in [6.45, 7) is 6.64. The Kier molecular flexibility index (Phi) is 4.03. The van der Waals surface area contributed by atoms with Gasteiger partial charge in [-0.1, -0.05) is 29.8 Å². The number of fused-ring (bicyclic) bond motifs is 2. The zero-order chi connectivity index (χ0) is 16.3. The average molecular weight is 393 g/mol. The lowest BCUT2D eigenvalue weighted by Crippen LogP contribution is -2.51. The second-order valence-corrected chi connectivity index (χ2v) is 10.6. The maximum absolute atomic E-state index is 12.9. The van der Waals surface area contributed by atoms with Crippen molar-refractivity contribution >= 4 is 31.7 Å². The van der Waals surface area contributed by atoms with Crippen molar-refractivity contribution in [1.29, 1.82) is 0 Å². The van der Waals surface area contributed by atoms with Crippen LogP contribution in [0, 0.1) is 16.7 Å². The summed E-state index contributed by atoms with van der Waals surface area (Å²) in [7, 11) is -1.31. The molecule has 3 aliphatic rings. The number of sulfonamides is 1. The predicted octanol–water partition coefficient (Wildman–Crippen LogP) is 1.33. The Morgan fingerprint density at radius 1 is 1.23 bits per heavy atom. The number of rotatable bonds is 3. The molecule has 2 aliphatic carbocycles. The Bertz CT molecular complexity index is 588. The molecule has 4 atom stereocenters. The minimum Gasteiger partial charge on any atom is -0.304 e. The second kappa shape index (κ2) is 5.26.